The number of aliphatic carboxylic acids is 1. The molecule has 2 N–H and O–H groups in total. The molecule has 1 aromatic rings. The van der Waals surface area contributed by atoms with Crippen LogP contribution in [0.1, 0.15) is 69.2 Å². The van der Waals surface area contributed by atoms with E-state index in [0.717, 1.165) is 32.1 Å². The molecule has 1 aromatic carbocycles. The minimum atomic E-state index is -0.850. The number of nitrogens with zero attached hydrogens (tertiary/aromatic N) is 1. The molecule has 1 saturated carbocycles. The summed E-state index contributed by atoms with van der Waals surface area (Å²) in [7, 11) is 0. The lowest BCUT2D eigenvalue weighted by Gasteiger charge is -2.35. The number of amides is 2. The quantitative estimate of drug-likeness (QED) is 0.722. The Balaban J connectivity index is 2.07. The van der Waals surface area contributed by atoms with Crippen molar-refractivity contribution < 1.29 is 19.5 Å². The highest BCUT2D eigenvalue weighted by atomic mass is 16.4. The van der Waals surface area contributed by atoms with Crippen molar-refractivity contribution in [3.8, 4) is 0 Å². The van der Waals surface area contributed by atoms with Gasteiger partial charge in [0.15, 0.2) is 0 Å². The lowest BCUT2D eigenvalue weighted by atomic mass is 9.69. The van der Waals surface area contributed by atoms with Gasteiger partial charge in [0.25, 0.3) is 5.91 Å². The predicted octanol–water partition coefficient (Wildman–Crippen LogP) is 3.92. The van der Waals surface area contributed by atoms with Crippen molar-refractivity contribution in [2.24, 2.45) is 5.41 Å². The van der Waals surface area contributed by atoms with E-state index >= 15 is 0 Å². The summed E-state index contributed by atoms with van der Waals surface area (Å²) < 4.78 is 0. The summed E-state index contributed by atoms with van der Waals surface area (Å²) in [5.41, 5.74) is 0.650. The molecule has 0 bridgehead atoms. The number of anilines is 1. The first-order valence-corrected chi connectivity index (χ1v) is 9.80. The highest BCUT2D eigenvalue weighted by molar-refractivity contribution is 5.97. The van der Waals surface area contributed by atoms with Crippen LogP contribution in [0.2, 0.25) is 0 Å². The maximum atomic E-state index is 12.6. The molecule has 1 fully saturated rings. The number of carbonyl (C=O) groups excluding carboxylic acids is 2. The lowest BCUT2D eigenvalue weighted by molar-refractivity contribution is -0.140. The highest BCUT2D eigenvalue weighted by Gasteiger charge is 2.36. The standard InChI is InChI=1S/C21H30N2O4/c1-3-23(4-2)20(27)16-9-8-10-17(13-16)22-18(24)14-21(15-19(25)26)11-6-5-7-12-21/h8-10,13H,3-7,11-12,14-15H2,1-2H3,(H,22,24)(H,25,26). The summed E-state index contributed by atoms with van der Waals surface area (Å²) >= 11 is 0. The number of hydrogen-bond acceptors (Lipinski definition) is 3. The Kier molecular flexibility index (Phi) is 7.39. The summed E-state index contributed by atoms with van der Waals surface area (Å²) in [6.45, 7) is 5.12. The van der Waals surface area contributed by atoms with E-state index in [9.17, 15) is 19.5 Å². The van der Waals surface area contributed by atoms with Crippen LogP contribution in [-0.4, -0.2) is 40.9 Å². The molecule has 1 aliphatic rings. The highest BCUT2D eigenvalue weighted by Crippen LogP contribution is 2.42. The van der Waals surface area contributed by atoms with Gasteiger partial charge >= 0.3 is 5.97 Å². The maximum Gasteiger partial charge on any atom is 0.303 e. The Bertz CT molecular complexity index is 677. The van der Waals surface area contributed by atoms with E-state index in [4.69, 9.17) is 0 Å². The van der Waals surface area contributed by atoms with E-state index in [2.05, 4.69) is 5.32 Å². The Labute approximate surface area is 160 Å². The molecule has 6 heteroatoms. The summed E-state index contributed by atoms with van der Waals surface area (Å²) in [6.07, 6.45) is 4.80. The number of nitrogens with one attached hydrogen (secondary N) is 1. The number of benzene rings is 1. The predicted molar refractivity (Wildman–Crippen MR) is 105 cm³/mol. The molecule has 27 heavy (non-hydrogen) atoms. The number of carbonyl (C=O) groups is 3. The number of carboxylic acid groups (broad SMARTS) is 1. The average Bonchev–Trinajstić information content (AvgIpc) is 2.62. The Morgan fingerprint density at radius 2 is 1.74 bits per heavy atom. The molecule has 2 rings (SSSR count). The van der Waals surface area contributed by atoms with Gasteiger partial charge in [0.05, 0.1) is 6.42 Å². The summed E-state index contributed by atoms with van der Waals surface area (Å²) in [5.74, 6) is -1.10. The van der Waals surface area contributed by atoms with Crippen LogP contribution in [-0.2, 0) is 9.59 Å². The molecule has 0 aliphatic heterocycles. The molecule has 1 aliphatic carbocycles. The van der Waals surface area contributed by atoms with Crippen molar-refractivity contribution in [2.45, 2.75) is 58.8 Å². The molecule has 6 nitrogen and oxygen atoms in total. The van der Waals surface area contributed by atoms with E-state index in [1.807, 2.05) is 13.8 Å². The number of rotatable bonds is 8. The zero-order valence-corrected chi connectivity index (χ0v) is 16.3. The van der Waals surface area contributed by atoms with Gasteiger partial charge in [-0.05, 0) is 50.3 Å². The first kappa shape index (κ1) is 20.9. The van der Waals surface area contributed by atoms with Crippen LogP contribution in [0.15, 0.2) is 24.3 Å². The SMILES string of the molecule is CCN(CC)C(=O)c1cccc(NC(=O)CC2(CC(=O)O)CCCCC2)c1. The van der Waals surface area contributed by atoms with Gasteiger partial charge in [0.2, 0.25) is 5.91 Å². The van der Waals surface area contributed by atoms with E-state index in [0.29, 0.717) is 24.3 Å². The molecule has 0 aromatic heterocycles. The van der Waals surface area contributed by atoms with Crippen molar-refractivity contribution in [2.75, 3.05) is 18.4 Å². The van der Waals surface area contributed by atoms with Gasteiger partial charge in [-0.2, -0.15) is 0 Å². The molecule has 0 spiro atoms. The van der Waals surface area contributed by atoms with Gasteiger partial charge in [-0.25, -0.2) is 0 Å². The van der Waals surface area contributed by atoms with Gasteiger partial charge in [-0.15, -0.1) is 0 Å². The summed E-state index contributed by atoms with van der Waals surface area (Å²) in [6, 6.07) is 6.92. The minimum absolute atomic E-state index is 0.0287. The zero-order chi connectivity index (χ0) is 19.9. The van der Waals surface area contributed by atoms with Crippen molar-refractivity contribution >= 4 is 23.5 Å². The van der Waals surface area contributed by atoms with Gasteiger partial charge in [0, 0.05) is 30.8 Å². The fourth-order valence-electron chi connectivity index (χ4n) is 4.01. The molecular formula is C21H30N2O4. The van der Waals surface area contributed by atoms with Crippen LogP contribution >= 0.6 is 0 Å². The van der Waals surface area contributed by atoms with Crippen LogP contribution in [0.4, 0.5) is 5.69 Å². The lowest BCUT2D eigenvalue weighted by Crippen LogP contribution is -2.32. The molecular weight excluding hydrogens is 344 g/mol. The van der Waals surface area contributed by atoms with Gasteiger partial charge in [-0.3, -0.25) is 14.4 Å². The smallest absolute Gasteiger partial charge is 0.303 e. The third kappa shape index (κ3) is 5.81. The largest absolute Gasteiger partial charge is 0.481 e. The second-order valence-corrected chi connectivity index (χ2v) is 7.41. The molecule has 2 amide bonds. The van der Waals surface area contributed by atoms with Crippen molar-refractivity contribution in [3.05, 3.63) is 29.8 Å². The van der Waals surface area contributed by atoms with Crippen molar-refractivity contribution in [3.63, 3.8) is 0 Å². The molecule has 0 heterocycles. The molecule has 0 atom stereocenters. The molecule has 148 valence electrons. The second kappa shape index (κ2) is 9.53. The third-order valence-corrected chi connectivity index (χ3v) is 5.42. The van der Waals surface area contributed by atoms with Crippen LogP contribution in [0.3, 0.4) is 0 Å². The molecule has 0 unspecified atom stereocenters. The van der Waals surface area contributed by atoms with E-state index in [-0.39, 0.29) is 24.7 Å². The van der Waals surface area contributed by atoms with Crippen LogP contribution < -0.4 is 5.32 Å². The fraction of sp³-hybridized carbons (Fsp3) is 0.571. The van der Waals surface area contributed by atoms with E-state index in [1.54, 1.807) is 29.2 Å². The number of carboxylic acids is 1. The van der Waals surface area contributed by atoms with Gasteiger partial charge in [0.1, 0.15) is 0 Å². The summed E-state index contributed by atoms with van der Waals surface area (Å²) in [4.78, 5) is 38.1. The Hall–Kier alpha value is -2.37. The van der Waals surface area contributed by atoms with Crippen molar-refractivity contribution in [1.29, 1.82) is 0 Å². The summed E-state index contributed by atoms with van der Waals surface area (Å²) in [5, 5.41) is 12.1. The fourth-order valence-corrected chi connectivity index (χ4v) is 4.01. The van der Waals surface area contributed by atoms with E-state index in [1.165, 1.54) is 0 Å². The van der Waals surface area contributed by atoms with Gasteiger partial charge < -0.3 is 15.3 Å². The normalized spacial score (nSPS) is 15.8. The Morgan fingerprint density at radius 3 is 2.33 bits per heavy atom. The van der Waals surface area contributed by atoms with Crippen molar-refractivity contribution in [1.82, 2.24) is 4.90 Å². The topological polar surface area (TPSA) is 86.7 Å². The first-order chi connectivity index (χ1) is 12.9. The molecule has 0 saturated heterocycles. The van der Waals surface area contributed by atoms with Crippen LogP contribution in [0, 0.1) is 5.41 Å². The first-order valence-electron chi connectivity index (χ1n) is 9.80. The van der Waals surface area contributed by atoms with Crippen LogP contribution in [0.25, 0.3) is 0 Å². The average molecular weight is 374 g/mol. The van der Waals surface area contributed by atoms with Crippen LogP contribution in [0.5, 0.6) is 0 Å². The Morgan fingerprint density at radius 1 is 1.07 bits per heavy atom. The third-order valence-electron chi connectivity index (χ3n) is 5.42. The zero-order valence-electron chi connectivity index (χ0n) is 16.3. The monoisotopic (exact) mass is 374 g/mol. The minimum Gasteiger partial charge on any atom is -0.481 e. The van der Waals surface area contributed by atoms with Gasteiger partial charge in [-0.1, -0.05) is 25.3 Å². The second-order valence-electron chi connectivity index (χ2n) is 7.41. The van der Waals surface area contributed by atoms with E-state index < -0.39 is 11.4 Å². The maximum absolute atomic E-state index is 12.6. The molecule has 0 radical (unpaired) electrons. The number of hydrogen-bond donors (Lipinski definition) is 2.